The molecule has 3 heterocycles. The summed E-state index contributed by atoms with van der Waals surface area (Å²) in [4.78, 5) is 21.8. The van der Waals surface area contributed by atoms with Crippen LogP contribution in [0.1, 0.15) is 55.0 Å². The Bertz CT molecular complexity index is 1440. The Balaban J connectivity index is 0.00000172. The molecule has 3 aromatic rings. The van der Waals surface area contributed by atoms with Crippen molar-refractivity contribution in [1.82, 2.24) is 25.3 Å². The minimum absolute atomic E-state index is 0.237. The second-order valence-electron chi connectivity index (χ2n) is 8.72. The summed E-state index contributed by atoms with van der Waals surface area (Å²) in [5, 5.41) is 7.13. The van der Waals surface area contributed by atoms with Gasteiger partial charge in [0.2, 0.25) is 0 Å². The zero-order valence-electron chi connectivity index (χ0n) is 22.4. The number of imidazole rings is 1. The molecule has 0 radical (unpaired) electrons. The lowest BCUT2D eigenvalue weighted by Crippen LogP contribution is -2.28. The van der Waals surface area contributed by atoms with Crippen molar-refractivity contribution in [1.29, 1.82) is 0 Å². The number of hydrazone groups is 1. The maximum Gasteiger partial charge on any atom is 0.280 e. The number of benzene rings is 1. The molecule has 39 heavy (non-hydrogen) atoms. The Morgan fingerprint density at radius 2 is 2.00 bits per heavy atom. The topological polar surface area (TPSA) is 93.4 Å². The quantitative estimate of drug-likeness (QED) is 0.406. The molecule has 1 aliphatic heterocycles. The maximum atomic E-state index is 13.5. The highest BCUT2D eigenvalue weighted by Gasteiger charge is 2.25. The molecule has 1 atom stereocenters. The fourth-order valence-corrected chi connectivity index (χ4v) is 4.47. The molecule has 1 unspecified atom stereocenters. The number of ether oxygens (including phenoxy) is 1. The first-order valence-corrected chi connectivity index (χ1v) is 13.5. The monoisotopic (exact) mass is 552 g/mol. The van der Waals surface area contributed by atoms with Crippen LogP contribution in [0.3, 0.4) is 0 Å². The second-order valence-corrected chi connectivity index (χ2v) is 9.81. The molecule has 0 spiro atoms. The van der Waals surface area contributed by atoms with Crippen molar-refractivity contribution in [2.24, 2.45) is 18.1 Å². The number of nitrogens with one attached hydrogen (secondary N) is 2. The van der Waals surface area contributed by atoms with Gasteiger partial charge in [-0.25, -0.2) is 13.8 Å². The van der Waals surface area contributed by atoms with Gasteiger partial charge in [0.1, 0.15) is 17.3 Å². The lowest BCUT2D eigenvalue weighted by molar-refractivity contribution is 0.0978. The molecular formula is C28H30F2N6O2S. The maximum absolute atomic E-state index is 13.5. The van der Waals surface area contributed by atoms with Crippen LogP contribution in [0, 0.1) is 24.7 Å². The van der Waals surface area contributed by atoms with Crippen molar-refractivity contribution in [3.05, 3.63) is 53.7 Å². The van der Waals surface area contributed by atoms with Crippen LogP contribution in [-0.4, -0.2) is 38.1 Å². The fraction of sp³-hybridized carbons (Fsp3) is 0.357. The molecule has 1 amide bonds. The van der Waals surface area contributed by atoms with Crippen LogP contribution in [-0.2, 0) is 7.05 Å². The summed E-state index contributed by atoms with van der Waals surface area (Å²) in [7, 11) is 3.30. The van der Waals surface area contributed by atoms with Crippen LogP contribution in [0.25, 0.3) is 22.4 Å². The summed E-state index contributed by atoms with van der Waals surface area (Å²) in [6.07, 6.45) is 2.56. The normalized spacial score (nSPS) is 15.9. The Morgan fingerprint density at radius 1 is 1.23 bits per heavy atom. The third-order valence-electron chi connectivity index (χ3n) is 6.02. The molecule has 2 aromatic heterocycles. The largest absolute Gasteiger partial charge is 0.494 e. The number of pyridine rings is 1. The molecule has 0 bridgehead atoms. The standard InChI is InChI=1S/C26H24F2N6O2S.C2H6/c1-14-30-21(13-34(14)2)16-7-8-17(18(10-16)19-11-20(24(27)28)29-12-22(19)36-3)25(35)31-26-33-32-23(37-26)9-6-15-4-5-15;1-2/h7-8,10-13,15,23-24,32H,4-5H2,1-3H3,(H,31,33,35);1-2H3. The van der Waals surface area contributed by atoms with Gasteiger partial charge in [0, 0.05) is 35.9 Å². The summed E-state index contributed by atoms with van der Waals surface area (Å²) >= 11 is 1.31. The van der Waals surface area contributed by atoms with Gasteiger partial charge < -0.3 is 9.30 Å². The molecule has 8 nitrogen and oxygen atoms in total. The van der Waals surface area contributed by atoms with Crippen LogP contribution < -0.4 is 15.5 Å². The Hall–Kier alpha value is -3.91. The van der Waals surface area contributed by atoms with Gasteiger partial charge >= 0.3 is 0 Å². The highest BCUT2D eigenvalue weighted by Crippen LogP contribution is 2.37. The van der Waals surface area contributed by atoms with Crippen molar-refractivity contribution in [2.45, 2.75) is 45.4 Å². The summed E-state index contributed by atoms with van der Waals surface area (Å²) in [5.41, 5.74) is 4.88. The molecule has 5 rings (SSSR count). The van der Waals surface area contributed by atoms with Gasteiger partial charge in [-0.15, -0.1) is 0 Å². The Kier molecular flexibility index (Phi) is 8.86. The number of aromatic nitrogens is 3. The first-order chi connectivity index (χ1) is 18.8. The van der Waals surface area contributed by atoms with Crippen molar-refractivity contribution >= 4 is 22.8 Å². The van der Waals surface area contributed by atoms with Crippen molar-refractivity contribution in [3.63, 3.8) is 0 Å². The molecule has 1 aliphatic carbocycles. The molecule has 1 fully saturated rings. The number of thioether (sulfide) groups is 1. The van der Waals surface area contributed by atoms with Crippen molar-refractivity contribution in [2.75, 3.05) is 7.11 Å². The fourth-order valence-electron chi connectivity index (χ4n) is 3.76. The molecule has 1 aromatic carbocycles. The molecule has 0 saturated heterocycles. The second kappa shape index (κ2) is 12.3. The van der Waals surface area contributed by atoms with Crippen LogP contribution >= 0.6 is 11.8 Å². The molecule has 204 valence electrons. The van der Waals surface area contributed by atoms with E-state index in [1.165, 1.54) is 31.1 Å². The highest BCUT2D eigenvalue weighted by molar-refractivity contribution is 8.14. The van der Waals surface area contributed by atoms with Gasteiger partial charge in [0.25, 0.3) is 12.3 Å². The zero-order valence-corrected chi connectivity index (χ0v) is 23.2. The molecule has 2 N–H and O–H groups in total. The first-order valence-electron chi connectivity index (χ1n) is 12.6. The van der Waals surface area contributed by atoms with Gasteiger partial charge in [-0.3, -0.25) is 20.5 Å². The average Bonchev–Trinajstić information content (AvgIpc) is 3.58. The summed E-state index contributed by atoms with van der Waals surface area (Å²) < 4.78 is 34.4. The van der Waals surface area contributed by atoms with Gasteiger partial charge in [-0.1, -0.05) is 31.8 Å². The lowest BCUT2D eigenvalue weighted by Gasteiger charge is -2.15. The van der Waals surface area contributed by atoms with Crippen molar-refractivity contribution in [3.8, 4) is 40.0 Å². The third-order valence-corrected chi connectivity index (χ3v) is 6.90. The number of carbonyl (C=O) groups excluding carboxylic acids is 1. The zero-order chi connectivity index (χ0) is 28.1. The number of rotatable bonds is 5. The van der Waals surface area contributed by atoms with Crippen LogP contribution in [0.2, 0.25) is 0 Å². The first kappa shape index (κ1) is 28.1. The van der Waals surface area contributed by atoms with Crippen LogP contribution in [0.4, 0.5) is 8.78 Å². The van der Waals surface area contributed by atoms with E-state index in [1.54, 1.807) is 18.2 Å². The van der Waals surface area contributed by atoms with Crippen LogP contribution in [0.15, 0.2) is 41.8 Å². The number of hydrogen-bond donors (Lipinski definition) is 2. The summed E-state index contributed by atoms with van der Waals surface area (Å²) in [6.45, 7) is 5.88. The number of hydrogen-bond acceptors (Lipinski definition) is 7. The number of methoxy groups -OCH3 is 1. The van der Waals surface area contributed by atoms with Gasteiger partial charge in [0.15, 0.2) is 10.5 Å². The predicted octanol–water partition coefficient (Wildman–Crippen LogP) is 5.51. The van der Waals surface area contributed by atoms with E-state index in [0.717, 1.165) is 24.2 Å². The van der Waals surface area contributed by atoms with Gasteiger partial charge in [0.05, 0.1) is 19.0 Å². The van der Waals surface area contributed by atoms with Gasteiger partial charge in [-0.2, -0.15) is 5.10 Å². The lowest BCUT2D eigenvalue weighted by atomic mass is 9.95. The highest BCUT2D eigenvalue weighted by atomic mass is 32.2. The van der Waals surface area contributed by atoms with E-state index in [-0.39, 0.29) is 16.7 Å². The smallest absolute Gasteiger partial charge is 0.280 e. The molecule has 1 saturated carbocycles. The van der Waals surface area contributed by atoms with Crippen LogP contribution in [0.5, 0.6) is 5.75 Å². The third kappa shape index (κ3) is 6.57. The minimum Gasteiger partial charge on any atom is -0.494 e. The van der Waals surface area contributed by atoms with Gasteiger partial charge in [-0.05, 0) is 55.3 Å². The van der Waals surface area contributed by atoms with E-state index in [9.17, 15) is 13.6 Å². The molecule has 11 heteroatoms. The molecular weight excluding hydrogens is 522 g/mol. The van der Waals surface area contributed by atoms with Crippen molar-refractivity contribution < 1.29 is 18.3 Å². The van der Waals surface area contributed by atoms with E-state index in [4.69, 9.17) is 4.74 Å². The number of amidine groups is 1. The number of carbonyl (C=O) groups is 1. The summed E-state index contributed by atoms with van der Waals surface area (Å²) in [6, 6.07) is 6.41. The number of aryl methyl sites for hydroxylation is 2. The van der Waals surface area contributed by atoms with E-state index in [1.807, 2.05) is 38.6 Å². The van der Waals surface area contributed by atoms with E-state index in [0.29, 0.717) is 27.9 Å². The van der Waals surface area contributed by atoms with E-state index < -0.39 is 18.0 Å². The molecule has 2 aliphatic rings. The minimum atomic E-state index is -2.78. The number of halogens is 2. The van der Waals surface area contributed by atoms with E-state index >= 15 is 0 Å². The summed E-state index contributed by atoms with van der Waals surface area (Å²) in [5.74, 6) is 7.38. The Morgan fingerprint density at radius 3 is 2.64 bits per heavy atom. The number of nitrogens with zero attached hydrogens (tertiary/aromatic N) is 4. The number of amides is 1. The predicted molar refractivity (Wildman–Crippen MR) is 149 cm³/mol. The Labute approximate surface area is 230 Å². The van der Waals surface area contributed by atoms with E-state index in [2.05, 4.69) is 37.7 Å². The average molecular weight is 553 g/mol. The SMILES string of the molecule is CC.COc1cnc(C(F)F)cc1-c1cc(-c2cn(C)c(C)n2)ccc1C(=O)NC1=NNC(C#CC2CC2)S1. The number of alkyl halides is 2.